The van der Waals surface area contributed by atoms with Crippen molar-refractivity contribution in [1.29, 1.82) is 0 Å². The molecular formula is H5ClO4SSn. The third-order valence-corrected chi connectivity index (χ3v) is 0. The zero-order valence-electron chi connectivity index (χ0n) is 3.23. The summed E-state index contributed by atoms with van der Waals surface area (Å²) in [6.45, 7) is 0. The Balaban J connectivity index is -0.0000000800. The van der Waals surface area contributed by atoms with E-state index < -0.39 is 10.4 Å². The zero-order valence-corrected chi connectivity index (χ0v) is 8.90. The van der Waals surface area contributed by atoms with Crippen LogP contribution in [0.25, 0.3) is 0 Å². The van der Waals surface area contributed by atoms with Gasteiger partial charge >= 0.3 is 34.3 Å². The quantitative estimate of drug-likeness (QED) is 0.423. The Bertz CT molecular complexity index is 94.9. The maximum absolute atomic E-state index is 8.74. The van der Waals surface area contributed by atoms with Crippen LogP contribution in [-0.2, 0) is 10.4 Å². The first-order chi connectivity index (χ1) is 2.00. The molecule has 0 aliphatic carbocycles. The molecule has 0 rings (SSSR count). The second-order valence-electron chi connectivity index (χ2n) is 0.448. The van der Waals surface area contributed by atoms with E-state index in [2.05, 4.69) is 0 Å². The fourth-order valence-electron chi connectivity index (χ4n) is 0. The summed E-state index contributed by atoms with van der Waals surface area (Å²) in [5.74, 6) is 0. The summed E-state index contributed by atoms with van der Waals surface area (Å²) in [6.07, 6.45) is 0. The monoisotopic (exact) mass is 256 g/mol. The predicted molar refractivity (Wildman–Crippen MR) is 30.0 cm³/mol. The van der Waals surface area contributed by atoms with E-state index >= 15 is 0 Å². The van der Waals surface area contributed by atoms with Crippen LogP contribution in [0.5, 0.6) is 0 Å². The van der Waals surface area contributed by atoms with E-state index in [-0.39, 0.29) is 36.3 Å². The molecule has 7 heavy (non-hydrogen) atoms. The Morgan fingerprint density at radius 3 is 1.14 bits per heavy atom. The van der Waals surface area contributed by atoms with Crippen LogP contribution in [0.2, 0.25) is 0 Å². The van der Waals surface area contributed by atoms with Crippen molar-refractivity contribution in [3.05, 3.63) is 0 Å². The van der Waals surface area contributed by atoms with E-state index in [1.54, 1.807) is 0 Å². The molecule has 0 fully saturated rings. The summed E-state index contributed by atoms with van der Waals surface area (Å²) in [4.78, 5) is 0. The Hall–Kier alpha value is 0.959. The minimum atomic E-state index is -4.67. The van der Waals surface area contributed by atoms with Gasteiger partial charge in [0, 0.05) is 0 Å². The summed E-state index contributed by atoms with van der Waals surface area (Å²) >= 11 is 0. The molecule has 0 aromatic carbocycles. The molecule has 0 aliphatic rings. The summed E-state index contributed by atoms with van der Waals surface area (Å²) in [7, 11) is -4.67. The van der Waals surface area contributed by atoms with Crippen LogP contribution >= 0.6 is 12.4 Å². The van der Waals surface area contributed by atoms with Gasteiger partial charge in [0.1, 0.15) is 0 Å². The molecular weight excluding hydrogens is 250 g/mol. The van der Waals surface area contributed by atoms with Crippen molar-refractivity contribution in [1.82, 2.24) is 0 Å². The van der Waals surface area contributed by atoms with Gasteiger partial charge in [-0.25, -0.2) is 0 Å². The van der Waals surface area contributed by atoms with Crippen molar-refractivity contribution in [3.63, 3.8) is 0 Å². The topological polar surface area (TPSA) is 74.6 Å². The van der Waals surface area contributed by atoms with Gasteiger partial charge in [-0.05, 0) is 0 Å². The predicted octanol–water partition coefficient (Wildman–Crippen LogP) is -1.15. The van der Waals surface area contributed by atoms with Crippen LogP contribution in [0.3, 0.4) is 0 Å². The first-order valence-corrected chi connectivity index (χ1v) is 2.10. The van der Waals surface area contributed by atoms with E-state index in [0.717, 1.165) is 0 Å². The zero-order chi connectivity index (χ0) is 4.50. The Labute approximate surface area is 64.2 Å². The van der Waals surface area contributed by atoms with Gasteiger partial charge in [-0.15, -0.1) is 12.4 Å². The van der Waals surface area contributed by atoms with Crippen molar-refractivity contribution in [2.75, 3.05) is 0 Å². The molecule has 0 heterocycles. The fourth-order valence-corrected chi connectivity index (χ4v) is 0. The normalized spacial score (nSPS) is 8.29. The molecule has 0 saturated carbocycles. The van der Waals surface area contributed by atoms with Gasteiger partial charge in [-0.1, -0.05) is 0 Å². The Kier molecular flexibility index (Phi) is 11.4. The number of halogens is 1. The molecule has 0 saturated heterocycles. The molecule has 0 bridgehead atoms. The van der Waals surface area contributed by atoms with Gasteiger partial charge in [0.05, 0.1) is 0 Å². The van der Waals surface area contributed by atoms with Crippen LogP contribution in [0.1, 0.15) is 0 Å². The number of hydrogen-bond acceptors (Lipinski definition) is 2. The Morgan fingerprint density at radius 2 is 1.14 bits per heavy atom. The molecule has 2 radical (unpaired) electrons. The van der Waals surface area contributed by atoms with Crippen molar-refractivity contribution in [3.8, 4) is 0 Å². The van der Waals surface area contributed by atoms with Crippen molar-refractivity contribution >= 4 is 46.7 Å². The molecule has 2 N–H and O–H groups in total. The van der Waals surface area contributed by atoms with Gasteiger partial charge in [0.15, 0.2) is 0 Å². The molecule has 0 amide bonds. The minimum absolute atomic E-state index is 0. The summed E-state index contributed by atoms with van der Waals surface area (Å²) in [6, 6.07) is 0. The number of rotatable bonds is 0. The third kappa shape index (κ3) is 186. The average Bonchev–Trinajstić information content (AvgIpc) is 0.722. The van der Waals surface area contributed by atoms with Crippen LogP contribution in [0.15, 0.2) is 0 Å². The molecule has 0 aliphatic heterocycles. The van der Waals surface area contributed by atoms with E-state index in [4.69, 9.17) is 17.5 Å². The summed E-state index contributed by atoms with van der Waals surface area (Å²) < 4.78 is 31.6. The SMILES string of the molecule is Cl.O=S(=O)(O)O.[SnH2]. The van der Waals surface area contributed by atoms with Crippen LogP contribution in [-0.4, -0.2) is 41.4 Å². The van der Waals surface area contributed by atoms with E-state index in [9.17, 15) is 0 Å². The first-order valence-electron chi connectivity index (χ1n) is 0.698. The van der Waals surface area contributed by atoms with Crippen LogP contribution in [0, 0.1) is 0 Å². The van der Waals surface area contributed by atoms with Gasteiger partial charge in [-0.3, -0.25) is 9.11 Å². The van der Waals surface area contributed by atoms with Gasteiger partial charge in [-0.2, -0.15) is 8.42 Å². The fraction of sp³-hybridized carbons (Fsp3) is 0. The molecule has 0 spiro atoms. The molecule has 0 aromatic rings. The van der Waals surface area contributed by atoms with Crippen LogP contribution in [0.4, 0.5) is 0 Å². The van der Waals surface area contributed by atoms with Crippen molar-refractivity contribution in [2.45, 2.75) is 0 Å². The van der Waals surface area contributed by atoms with Gasteiger partial charge < -0.3 is 0 Å². The molecule has 7 heteroatoms. The van der Waals surface area contributed by atoms with E-state index in [1.807, 2.05) is 0 Å². The van der Waals surface area contributed by atoms with Crippen molar-refractivity contribution < 1.29 is 17.5 Å². The molecule has 0 unspecified atom stereocenters. The van der Waals surface area contributed by atoms with Crippen LogP contribution < -0.4 is 0 Å². The number of hydrogen-bond donors (Lipinski definition) is 2. The molecule has 4 nitrogen and oxygen atoms in total. The Morgan fingerprint density at radius 1 is 1.14 bits per heavy atom. The molecule has 46 valence electrons. The van der Waals surface area contributed by atoms with Gasteiger partial charge in [0.25, 0.3) is 0 Å². The van der Waals surface area contributed by atoms with Crippen molar-refractivity contribution in [2.24, 2.45) is 0 Å². The molecule has 0 atom stereocenters. The maximum atomic E-state index is 8.74. The summed E-state index contributed by atoms with van der Waals surface area (Å²) in [5, 5.41) is 0. The second-order valence-corrected chi connectivity index (χ2v) is 1.34. The first kappa shape index (κ1) is 15.7. The van der Waals surface area contributed by atoms with E-state index in [0.29, 0.717) is 0 Å². The van der Waals surface area contributed by atoms with Gasteiger partial charge in [0.2, 0.25) is 0 Å². The molecule has 0 aromatic heterocycles. The summed E-state index contributed by atoms with van der Waals surface area (Å²) in [5.41, 5.74) is 0. The third-order valence-electron chi connectivity index (χ3n) is 0. The average molecular weight is 255 g/mol. The standard InChI is InChI=1S/ClH.H2O4S.Sn.2H/c;1-5(2,3)4;;;/h1H;(H2,1,2,3,4);;;. The van der Waals surface area contributed by atoms with E-state index in [1.165, 1.54) is 0 Å². The second kappa shape index (κ2) is 5.10.